The van der Waals surface area contributed by atoms with Gasteiger partial charge in [0.2, 0.25) is 0 Å². The Labute approximate surface area is 112 Å². The zero-order valence-corrected chi connectivity index (χ0v) is 11.7. The van der Waals surface area contributed by atoms with Crippen LogP contribution in [0.5, 0.6) is 0 Å². The first-order valence-corrected chi connectivity index (χ1v) is 7.14. The number of carbonyl (C=O) groups is 1. The number of thiophene rings is 1. The summed E-state index contributed by atoms with van der Waals surface area (Å²) < 4.78 is 0. The van der Waals surface area contributed by atoms with E-state index < -0.39 is 5.97 Å². The summed E-state index contributed by atoms with van der Waals surface area (Å²) in [6, 6.07) is 2.53. The van der Waals surface area contributed by atoms with Crippen LogP contribution in [0.4, 0.5) is 0 Å². The van der Waals surface area contributed by atoms with E-state index in [0.29, 0.717) is 10.9 Å². The summed E-state index contributed by atoms with van der Waals surface area (Å²) in [5.74, 6) is -0.804. The van der Waals surface area contributed by atoms with Gasteiger partial charge < -0.3 is 10.0 Å². The van der Waals surface area contributed by atoms with Gasteiger partial charge in [-0.1, -0.05) is 0 Å². The van der Waals surface area contributed by atoms with E-state index in [1.165, 1.54) is 24.2 Å². The minimum atomic E-state index is -0.804. The maximum atomic E-state index is 11.1. The fraction of sp³-hybridized carbons (Fsp3) is 0.615. The molecule has 2 heterocycles. The average Bonchev–Trinajstić information content (AvgIpc) is 2.77. The van der Waals surface area contributed by atoms with E-state index in [4.69, 9.17) is 5.11 Å². The quantitative estimate of drug-likeness (QED) is 0.907. The molecule has 0 spiro atoms. The van der Waals surface area contributed by atoms with Crippen LogP contribution in [0.15, 0.2) is 11.4 Å². The minimum absolute atomic E-state index is 0.488. The van der Waals surface area contributed by atoms with Crippen LogP contribution in [-0.2, 0) is 6.54 Å². The van der Waals surface area contributed by atoms with Crippen LogP contribution in [0, 0.1) is 0 Å². The lowest BCUT2D eigenvalue weighted by Gasteiger charge is -2.36. The lowest BCUT2D eigenvalue weighted by Crippen LogP contribution is -2.44. The molecule has 0 radical (unpaired) electrons. The largest absolute Gasteiger partial charge is 0.477 e. The Kier molecular flexibility index (Phi) is 4.37. The number of rotatable bonds is 4. The Morgan fingerprint density at radius 1 is 1.61 bits per heavy atom. The number of nitrogens with zero attached hydrogens (tertiary/aromatic N) is 2. The second-order valence-corrected chi connectivity index (χ2v) is 5.99. The van der Waals surface area contributed by atoms with Gasteiger partial charge in [0.1, 0.15) is 4.88 Å². The van der Waals surface area contributed by atoms with Gasteiger partial charge in [-0.25, -0.2) is 4.79 Å². The average molecular weight is 268 g/mol. The maximum Gasteiger partial charge on any atom is 0.346 e. The highest BCUT2D eigenvalue weighted by Crippen LogP contribution is 2.21. The van der Waals surface area contributed by atoms with Crippen molar-refractivity contribution in [2.45, 2.75) is 25.4 Å². The standard InChI is InChI=1S/C13H20N2O2S/c1-14(2)11-4-3-6-15(9-11)8-10-5-7-18-12(10)13(16)17/h5,7,11H,3-4,6,8-9H2,1-2H3,(H,16,17). The first-order valence-electron chi connectivity index (χ1n) is 6.26. The van der Waals surface area contributed by atoms with Crippen molar-refractivity contribution >= 4 is 17.3 Å². The molecule has 0 amide bonds. The topological polar surface area (TPSA) is 43.8 Å². The van der Waals surface area contributed by atoms with Gasteiger partial charge >= 0.3 is 5.97 Å². The SMILES string of the molecule is CN(C)C1CCCN(Cc2ccsc2C(=O)O)C1. The minimum Gasteiger partial charge on any atom is -0.477 e. The third-order valence-electron chi connectivity index (χ3n) is 3.55. The fourth-order valence-corrected chi connectivity index (χ4v) is 3.24. The van der Waals surface area contributed by atoms with Gasteiger partial charge in [0.25, 0.3) is 0 Å². The predicted molar refractivity (Wildman–Crippen MR) is 73.3 cm³/mol. The van der Waals surface area contributed by atoms with Crippen LogP contribution in [0.2, 0.25) is 0 Å². The van der Waals surface area contributed by atoms with Crippen molar-refractivity contribution in [3.05, 3.63) is 21.9 Å². The highest BCUT2D eigenvalue weighted by Gasteiger charge is 2.23. The summed E-state index contributed by atoms with van der Waals surface area (Å²) in [5, 5.41) is 11.0. The van der Waals surface area contributed by atoms with Crippen molar-refractivity contribution in [2.75, 3.05) is 27.2 Å². The highest BCUT2D eigenvalue weighted by atomic mass is 32.1. The molecule has 2 rings (SSSR count). The molecule has 18 heavy (non-hydrogen) atoms. The number of hydrogen-bond acceptors (Lipinski definition) is 4. The smallest absolute Gasteiger partial charge is 0.346 e. The third-order valence-corrected chi connectivity index (χ3v) is 4.49. The van der Waals surface area contributed by atoms with Crippen LogP contribution in [-0.4, -0.2) is 54.1 Å². The number of hydrogen-bond donors (Lipinski definition) is 1. The molecule has 1 atom stereocenters. The zero-order chi connectivity index (χ0) is 13.1. The van der Waals surface area contributed by atoms with E-state index in [-0.39, 0.29) is 0 Å². The summed E-state index contributed by atoms with van der Waals surface area (Å²) in [6.07, 6.45) is 2.42. The Hall–Kier alpha value is -0.910. The monoisotopic (exact) mass is 268 g/mol. The molecular formula is C13H20N2O2S. The predicted octanol–water partition coefficient (Wildman–Crippen LogP) is 1.97. The molecule has 0 saturated carbocycles. The summed E-state index contributed by atoms with van der Waals surface area (Å²) in [5.41, 5.74) is 0.951. The maximum absolute atomic E-state index is 11.1. The first kappa shape index (κ1) is 13.5. The van der Waals surface area contributed by atoms with Gasteiger partial charge in [-0.05, 0) is 50.5 Å². The van der Waals surface area contributed by atoms with E-state index in [0.717, 1.165) is 25.2 Å². The summed E-state index contributed by atoms with van der Waals surface area (Å²) in [4.78, 5) is 16.2. The molecule has 1 fully saturated rings. The van der Waals surface area contributed by atoms with Crippen molar-refractivity contribution in [1.82, 2.24) is 9.80 Å². The second kappa shape index (κ2) is 5.82. The van der Waals surface area contributed by atoms with Crippen molar-refractivity contribution in [3.8, 4) is 0 Å². The van der Waals surface area contributed by atoms with Crippen molar-refractivity contribution in [3.63, 3.8) is 0 Å². The molecule has 1 aromatic rings. The van der Waals surface area contributed by atoms with Crippen molar-refractivity contribution in [2.24, 2.45) is 0 Å². The first-order chi connectivity index (χ1) is 8.58. The second-order valence-electron chi connectivity index (χ2n) is 5.07. The van der Waals surface area contributed by atoms with Crippen LogP contribution in [0.25, 0.3) is 0 Å². The van der Waals surface area contributed by atoms with Crippen molar-refractivity contribution < 1.29 is 9.90 Å². The lowest BCUT2D eigenvalue weighted by molar-refractivity contribution is 0.0698. The molecule has 1 aliphatic rings. The molecule has 4 nitrogen and oxygen atoms in total. The molecule has 100 valence electrons. The zero-order valence-electron chi connectivity index (χ0n) is 10.9. The lowest BCUT2D eigenvalue weighted by atomic mass is 10.0. The van der Waals surface area contributed by atoms with Gasteiger partial charge in [-0.15, -0.1) is 11.3 Å². The number of aromatic carboxylic acids is 1. The Morgan fingerprint density at radius 2 is 2.39 bits per heavy atom. The van der Waals surface area contributed by atoms with Gasteiger partial charge in [0.05, 0.1) is 0 Å². The molecule has 1 N–H and O–H groups in total. The molecule has 1 unspecified atom stereocenters. The van der Waals surface area contributed by atoms with E-state index >= 15 is 0 Å². The summed E-state index contributed by atoms with van der Waals surface area (Å²) >= 11 is 1.32. The Morgan fingerprint density at radius 3 is 3.06 bits per heavy atom. The number of likely N-dealkylation sites (tertiary alicyclic amines) is 1. The van der Waals surface area contributed by atoms with Crippen LogP contribution < -0.4 is 0 Å². The molecule has 0 bridgehead atoms. The molecular weight excluding hydrogens is 248 g/mol. The number of carboxylic acid groups (broad SMARTS) is 1. The summed E-state index contributed by atoms with van der Waals surface area (Å²) in [7, 11) is 4.23. The van der Waals surface area contributed by atoms with E-state index in [2.05, 4.69) is 23.9 Å². The fourth-order valence-electron chi connectivity index (χ4n) is 2.48. The normalized spacial score (nSPS) is 21.4. The highest BCUT2D eigenvalue weighted by molar-refractivity contribution is 7.12. The molecule has 1 aromatic heterocycles. The van der Waals surface area contributed by atoms with Crippen LogP contribution in [0.3, 0.4) is 0 Å². The van der Waals surface area contributed by atoms with Crippen LogP contribution >= 0.6 is 11.3 Å². The van der Waals surface area contributed by atoms with Gasteiger partial charge in [0, 0.05) is 19.1 Å². The number of piperidine rings is 1. The Bertz CT molecular complexity index is 417. The van der Waals surface area contributed by atoms with Gasteiger partial charge in [-0.3, -0.25) is 4.90 Å². The van der Waals surface area contributed by atoms with E-state index in [1.807, 2.05) is 11.4 Å². The third kappa shape index (κ3) is 3.10. The Balaban J connectivity index is 2.00. The number of likely N-dealkylation sites (N-methyl/N-ethyl adjacent to an activating group) is 1. The van der Waals surface area contributed by atoms with Crippen molar-refractivity contribution in [1.29, 1.82) is 0 Å². The van der Waals surface area contributed by atoms with E-state index in [9.17, 15) is 4.79 Å². The van der Waals surface area contributed by atoms with E-state index in [1.54, 1.807) is 0 Å². The molecule has 0 aromatic carbocycles. The molecule has 0 aliphatic carbocycles. The number of carboxylic acids is 1. The molecule has 1 aliphatic heterocycles. The van der Waals surface area contributed by atoms with Crippen LogP contribution in [0.1, 0.15) is 28.1 Å². The van der Waals surface area contributed by atoms with Gasteiger partial charge in [0.15, 0.2) is 0 Å². The summed E-state index contributed by atoms with van der Waals surface area (Å²) in [6.45, 7) is 2.86. The van der Waals surface area contributed by atoms with Gasteiger partial charge in [-0.2, -0.15) is 0 Å². The molecule has 1 saturated heterocycles. The molecule has 5 heteroatoms.